The van der Waals surface area contributed by atoms with Gasteiger partial charge in [-0.05, 0) is 0 Å². The van der Waals surface area contributed by atoms with E-state index in [4.69, 9.17) is 22.3 Å². The van der Waals surface area contributed by atoms with Crippen molar-refractivity contribution in [2.24, 2.45) is 0 Å². The van der Waals surface area contributed by atoms with Crippen LogP contribution in [0.5, 0.6) is 0 Å². The molecule has 0 fully saturated rings. The summed E-state index contributed by atoms with van der Waals surface area (Å²) in [6, 6.07) is 0. The van der Waals surface area contributed by atoms with Crippen LogP contribution in [0.3, 0.4) is 0 Å². The van der Waals surface area contributed by atoms with Crippen molar-refractivity contribution in [1.82, 2.24) is 10.2 Å². The van der Waals surface area contributed by atoms with Gasteiger partial charge in [0.05, 0.1) is 5.69 Å². The van der Waals surface area contributed by atoms with Crippen LogP contribution in [0, 0.1) is 0 Å². The summed E-state index contributed by atoms with van der Waals surface area (Å²) in [6.45, 7) is 5.51. The molecule has 1 heterocycles. The van der Waals surface area contributed by atoms with Crippen molar-refractivity contribution in [1.29, 1.82) is 0 Å². The molecule has 80 valence electrons. The molecule has 0 aromatic carbocycles. The van der Waals surface area contributed by atoms with Crippen molar-refractivity contribution >= 4 is 31.3 Å². The Morgan fingerprint density at radius 3 is 2.14 bits per heavy atom. The van der Waals surface area contributed by atoms with Gasteiger partial charge in [0, 0.05) is 16.1 Å². The number of H-pyrrole nitrogens is 1. The smallest absolute Gasteiger partial charge is 0.266 e. The van der Waals surface area contributed by atoms with Gasteiger partial charge in [-0.2, -0.15) is 5.10 Å². The van der Waals surface area contributed by atoms with Crippen LogP contribution in [0.4, 0.5) is 0 Å². The van der Waals surface area contributed by atoms with Crippen LogP contribution >= 0.6 is 22.3 Å². The molecule has 0 saturated heterocycles. The lowest BCUT2D eigenvalue weighted by Gasteiger charge is -2.16. The van der Waals surface area contributed by atoms with Gasteiger partial charge < -0.3 is 0 Å². The zero-order chi connectivity index (χ0) is 11.1. The highest BCUT2D eigenvalue weighted by molar-refractivity contribution is 8.13. The second-order valence-corrected chi connectivity index (χ2v) is 6.77. The Morgan fingerprint density at radius 1 is 1.36 bits per heavy atom. The monoisotopic (exact) mass is 256 g/mol. The Kier molecular flexibility index (Phi) is 2.87. The normalized spacial score (nSPS) is 13.2. The Labute approximate surface area is 92.0 Å². The molecule has 0 bridgehead atoms. The average molecular weight is 257 g/mol. The number of aromatic nitrogens is 2. The van der Waals surface area contributed by atoms with Gasteiger partial charge in [0.1, 0.15) is 4.90 Å². The first-order valence-electron chi connectivity index (χ1n) is 3.83. The van der Waals surface area contributed by atoms with Crippen LogP contribution in [0.2, 0.25) is 5.15 Å². The van der Waals surface area contributed by atoms with Crippen LogP contribution < -0.4 is 0 Å². The van der Waals surface area contributed by atoms with Crippen LogP contribution in [0.1, 0.15) is 26.5 Å². The highest BCUT2D eigenvalue weighted by atomic mass is 35.7. The average Bonchev–Trinajstić information content (AvgIpc) is 2.27. The first-order valence-corrected chi connectivity index (χ1v) is 6.52. The molecule has 0 radical (unpaired) electrons. The van der Waals surface area contributed by atoms with Gasteiger partial charge in [-0.1, -0.05) is 32.4 Å². The molecule has 0 aliphatic carbocycles. The fraction of sp³-hybridized carbons (Fsp3) is 0.571. The number of nitrogens with one attached hydrogen (secondary N) is 1. The number of nitrogens with zero attached hydrogens (tertiary/aromatic N) is 1. The Hall–Kier alpha value is -0.260. The van der Waals surface area contributed by atoms with Crippen LogP contribution in [-0.2, 0) is 14.5 Å². The standard InChI is InChI=1S/C7H10Cl2N2O2S/c1-7(2,3)5-4(14(9,12)13)6(8)11-10-5/h1-3H3,(H,10,11). The van der Waals surface area contributed by atoms with Gasteiger partial charge in [-0.15, -0.1) is 0 Å². The number of halogens is 2. The fourth-order valence-corrected chi connectivity index (χ4v) is 2.89. The molecule has 0 aliphatic rings. The fourth-order valence-electron chi connectivity index (χ4n) is 1.04. The second kappa shape index (κ2) is 3.40. The first-order chi connectivity index (χ1) is 6.14. The molecule has 0 aliphatic heterocycles. The van der Waals surface area contributed by atoms with Gasteiger partial charge in [-0.3, -0.25) is 5.10 Å². The maximum Gasteiger partial charge on any atom is 0.266 e. The molecule has 0 saturated carbocycles. The van der Waals surface area contributed by atoms with Gasteiger partial charge in [-0.25, -0.2) is 8.42 Å². The Bertz CT molecular complexity index is 445. The molecule has 0 spiro atoms. The maximum atomic E-state index is 11.2. The molecule has 1 aromatic rings. The second-order valence-electron chi connectivity index (χ2n) is 3.91. The van der Waals surface area contributed by atoms with Crippen molar-refractivity contribution in [3.05, 3.63) is 10.8 Å². The topological polar surface area (TPSA) is 62.8 Å². The third-order valence-corrected chi connectivity index (χ3v) is 3.41. The lowest BCUT2D eigenvalue weighted by Crippen LogP contribution is -2.15. The summed E-state index contributed by atoms with van der Waals surface area (Å²) in [4.78, 5) is -0.131. The van der Waals surface area contributed by atoms with Gasteiger partial charge in [0.2, 0.25) is 0 Å². The van der Waals surface area contributed by atoms with E-state index >= 15 is 0 Å². The van der Waals surface area contributed by atoms with E-state index in [9.17, 15) is 8.42 Å². The lowest BCUT2D eigenvalue weighted by molar-refractivity contribution is 0.549. The number of rotatable bonds is 1. The lowest BCUT2D eigenvalue weighted by atomic mass is 9.92. The van der Waals surface area contributed by atoms with E-state index in [-0.39, 0.29) is 10.0 Å². The molecular formula is C7H10Cl2N2O2S. The van der Waals surface area contributed by atoms with E-state index in [1.807, 2.05) is 20.8 Å². The number of hydrogen-bond acceptors (Lipinski definition) is 3. The van der Waals surface area contributed by atoms with E-state index < -0.39 is 14.5 Å². The highest BCUT2D eigenvalue weighted by Gasteiger charge is 2.30. The van der Waals surface area contributed by atoms with Crippen molar-refractivity contribution in [2.45, 2.75) is 31.1 Å². The SMILES string of the molecule is CC(C)(C)c1[nH]nc(Cl)c1S(=O)(=O)Cl. The minimum atomic E-state index is -3.86. The zero-order valence-corrected chi connectivity index (χ0v) is 10.3. The predicted octanol–water partition coefficient (Wildman–Crippen LogP) is 2.29. The molecule has 1 rings (SSSR count). The summed E-state index contributed by atoms with van der Waals surface area (Å²) < 4.78 is 22.4. The van der Waals surface area contributed by atoms with Crippen LogP contribution in [0.25, 0.3) is 0 Å². The molecule has 1 N–H and O–H groups in total. The quantitative estimate of drug-likeness (QED) is 0.785. The van der Waals surface area contributed by atoms with E-state index in [0.717, 1.165) is 0 Å². The number of aromatic amines is 1. The molecule has 0 unspecified atom stereocenters. The summed E-state index contributed by atoms with van der Waals surface area (Å²) in [5.74, 6) is 0. The molecule has 7 heteroatoms. The van der Waals surface area contributed by atoms with Crippen LogP contribution in [0.15, 0.2) is 4.90 Å². The minimum Gasteiger partial charge on any atom is -0.279 e. The Morgan fingerprint density at radius 2 is 1.86 bits per heavy atom. The predicted molar refractivity (Wildman–Crippen MR) is 55.3 cm³/mol. The van der Waals surface area contributed by atoms with Crippen molar-refractivity contribution in [3.8, 4) is 0 Å². The Balaban J connectivity index is 3.51. The number of hydrogen-bond donors (Lipinski definition) is 1. The third kappa shape index (κ3) is 2.21. The van der Waals surface area contributed by atoms with Gasteiger partial charge >= 0.3 is 0 Å². The minimum absolute atomic E-state index is 0.120. The van der Waals surface area contributed by atoms with Crippen molar-refractivity contribution in [3.63, 3.8) is 0 Å². The van der Waals surface area contributed by atoms with Crippen LogP contribution in [-0.4, -0.2) is 18.6 Å². The van der Waals surface area contributed by atoms with E-state index in [1.165, 1.54) is 0 Å². The molecular weight excluding hydrogens is 247 g/mol. The third-order valence-electron chi connectivity index (χ3n) is 1.67. The van der Waals surface area contributed by atoms with Crippen molar-refractivity contribution in [2.75, 3.05) is 0 Å². The molecule has 0 atom stereocenters. The molecule has 4 nitrogen and oxygen atoms in total. The van der Waals surface area contributed by atoms with E-state index in [1.54, 1.807) is 0 Å². The summed E-state index contributed by atoms with van der Waals surface area (Å²) >= 11 is 5.63. The summed E-state index contributed by atoms with van der Waals surface area (Å²) in [5, 5.41) is 6.08. The van der Waals surface area contributed by atoms with Crippen molar-refractivity contribution < 1.29 is 8.42 Å². The molecule has 1 aromatic heterocycles. The maximum absolute atomic E-state index is 11.2. The van der Waals surface area contributed by atoms with Gasteiger partial charge in [0.25, 0.3) is 9.05 Å². The summed E-state index contributed by atoms with van der Waals surface area (Å²) in [7, 11) is 1.39. The molecule has 14 heavy (non-hydrogen) atoms. The van der Waals surface area contributed by atoms with E-state index in [2.05, 4.69) is 10.2 Å². The zero-order valence-electron chi connectivity index (χ0n) is 7.93. The molecule has 0 amide bonds. The summed E-state index contributed by atoms with van der Waals surface area (Å²) in [6.07, 6.45) is 0. The largest absolute Gasteiger partial charge is 0.279 e. The summed E-state index contributed by atoms with van der Waals surface area (Å²) in [5.41, 5.74) is 0.00903. The highest BCUT2D eigenvalue weighted by Crippen LogP contribution is 2.33. The van der Waals surface area contributed by atoms with Gasteiger partial charge in [0.15, 0.2) is 5.15 Å². The first kappa shape index (κ1) is 11.8. The van der Waals surface area contributed by atoms with E-state index in [0.29, 0.717) is 5.69 Å².